The van der Waals surface area contributed by atoms with Gasteiger partial charge in [-0.2, -0.15) is 0 Å². The highest BCUT2D eigenvalue weighted by molar-refractivity contribution is 5.76. The van der Waals surface area contributed by atoms with Crippen LogP contribution in [-0.4, -0.2) is 10.0 Å². The minimum Gasteiger partial charge on any atom is -0.508 e. The van der Waals surface area contributed by atoms with Gasteiger partial charge in [-0.3, -0.25) is 10.1 Å². The normalized spacial score (nSPS) is 10.5. The Kier molecular flexibility index (Phi) is 3.76. The molecule has 3 rings (SSSR count). The molecule has 1 N–H and O–H groups in total. The van der Waals surface area contributed by atoms with Crippen molar-refractivity contribution in [2.45, 2.75) is 0 Å². The van der Waals surface area contributed by atoms with Crippen LogP contribution in [0.25, 0.3) is 22.3 Å². The molecular formula is C18H12FNO3. The lowest BCUT2D eigenvalue weighted by Gasteiger charge is -2.10. The first-order valence-corrected chi connectivity index (χ1v) is 6.89. The SMILES string of the molecule is O=[N+]([O-])c1ccc(-c2cc(O)cc(-c3ccccc3)c2F)cc1. The summed E-state index contributed by atoms with van der Waals surface area (Å²) in [4.78, 5) is 10.2. The highest BCUT2D eigenvalue weighted by atomic mass is 19.1. The minimum absolute atomic E-state index is 0.0707. The van der Waals surface area contributed by atoms with Crippen LogP contribution in [-0.2, 0) is 0 Å². The summed E-state index contributed by atoms with van der Waals surface area (Å²) >= 11 is 0. The van der Waals surface area contributed by atoms with Crippen LogP contribution in [0.5, 0.6) is 5.75 Å². The van der Waals surface area contributed by atoms with Crippen molar-refractivity contribution in [3.8, 4) is 28.0 Å². The Bertz CT molecular complexity index is 861. The van der Waals surface area contributed by atoms with E-state index in [-0.39, 0.29) is 22.6 Å². The molecule has 114 valence electrons. The largest absolute Gasteiger partial charge is 0.508 e. The highest BCUT2D eigenvalue weighted by Gasteiger charge is 2.15. The number of rotatable bonds is 3. The molecule has 0 aliphatic rings. The van der Waals surface area contributed by atoms with E-state index in [1.54, 1.807) is 24.3 Å². The van der Waals surface area contributed by atoms with E-state index in [0.717, 1.165) is 0 Å². The number of benzene rings is 3. The Hall–Kier alpha value is -3.21. The zero-order valence-corrected chi connectivity index (χ0v) is 11.9. The number of nitro benzene ring substituents is 1. The van der Waals surface area contributed by atoms with Crippen molar-refractivity contribution in [2.24, 2.45) is 0 Å². The molecule has 0 saturated heterocycles. The van der Waals surface area contributed by atoms with Crippen LogP contribution in [0.15, 0.2) is 66.7 Å². The van der Waals surface area contributed by atoms with Crippen LogP contribution >= 0.6 is 0 Å². The fourth-order valence-corrected chi connectivity index (χ4v) is 2.41. The Balaban J connectivity index is 2.13. The molecule has 0 heterocycles. The van der Waals surface area contributed by atoms with Crippen molar-refractivity contribution in [3.05, 3.63) is 82.7 Å². The Morgan fingerprint density at radius 1 is 0.870 bits per heavy atom. The molecule has 0 amide bonds. The Morgan fingerprint density at radius 2 is 1.39 bits per heavy atom. The number of aromatic hydroxyl groups is 1. The van der Waals surface area contributed by atoms with Crippen molar-refractivity contribution >= 4 is 5.69 Å². The predicted molar refractivity (Wildman–Crippen MR) is 85.6 cm³/mol. The molecule has 0 fully saturated rings. The Morgan fingerprint density at radius 3 is 1.91 bits per heavy atom. The number of nitro groups is 1. The van der Waals surface area contributed by atoms with E-state index in [4.69, 9.17) is 0 Å². The second kappa shape index (κ2) is 5.88. The third-order valence-electron chi connectivity index (χ3n) is 3.53. The summed E-state index contributed by atoms with van der Waals surface area (Å²) in [6.45, 7) is 0. The topological polar surface area (TPSA) is 63.4 Å². The van der Waals surface area contributed by atoms with Gasteiger partial charge < -0.3 is 5.11 Å². The minimum atomic E-state index is -0.516. The standard InChI is InChI=1S/C18H12FNO3/c19-18-16(12-4-2-1-3-5-12)10-15(21)11-17(18)13-6-8-14(9-7-13)20(22)23/h1-11,21H. The van der Waals surface area contributed by atoms with Gasteiger partial charge in [0.05, 0.1) is 4.92 Å². The molecule has 23 heavy (non-hydrogen) atoms. The molecule has 0 radical (unpaired) electrons. The highest BCUT2D eigenvalue weighted by Crippen LogP contribution is 2.35. The van der Waals surface area contributed by atoms with Gasteiger partial charge in [-0.1, -0.05) is 30.3 Å². The summed E-state index contributed by atoms with van der Waals surface area (Å²) < 4.78 is 14.8. The zero-order valence-electron chi connectivity index (χ0n) is 11.9. The van der Waals surface area contributed by atoms with Crippen LogP contribution in [0, 0.1) is 15.9 Å². The van der Waals surface area contributed by atoms with Crippen molar-refractivity contribution in [3.63, 3.8) is 0 Å². The average molecular weight is 309 g/mol. The molecule has 0 aromatic heterocycles. The van der Waals surface area contributed by atoms with Crippen LogP contribution in [0.4, 0.5) is 10.1 Å². The van der Waals surface area contributed by atoms with Gasteiger partial charge in [0.2, 0.25) is 0 Å². The van der Waals surface area contributed by atoms with Crippen molar-refractivity contribution in [2.75, 3.05) is 0 Å². The third-order valence-corrected chi connectivity index (χ3v) is 3.53. The summed E-state index contributed by atoms with van der Waals surface area (Å²) in [6, 6.07) is 17.1. The first-order valence-electron chi connectivity index (χ1n) is 6.89. The molecule has 3 aromatic carbocycles. The smallest absolute Gasteiger partial charge is 0.269 e. The van der Waals surface area contributed by atoms with E-state index in [1.165, 1.54) is 36.4 Å². The van der Waals surface area contributed by atoms with Crippen LogP contribution in [0.2, 0.25) is 0 Å². The van der Waals surface area contributed by atoms with E-state index >= 15 is 0 Å². The van der Waals surface area contributed by atoms with Gasteiger partial charge >= 0.3 is 0 Å². The van der Waals surface area contributed by atoms with Crippen LogP contribution < -0.4 is 0 Å². The number of phenols is 1. The molecule has 3 aromatic rings. The summed E-state index contributed by atoms with van der Waals surface area (Å²) in [7, 11) is 0. The number of hydrogen-bond acceptors (Lipinski definition) is 3. The summed E-state index contributed by atoms with van der Waals surface area (Å²) in [5, 5.41) is 20.6. The maximum atomic E-state index is 14.8. The van der Waals surface area contributed by atoms with Gasteiger partial charge in [-0.15, -0.1) is 0 Å². The number of nitrogens with zero attached hydrogens (tertiary/aromatic N) is 1. The number of non-ortho nitro benzene ring substituents is 1. The molecule has 0 aliphatic heterocycles. The van der Waals surface area contributed by atoms with E-state index in [2.05, 4.69) is 0 Å². The maximum Gasteiger partial charge on any atom is 0.269 e. The first kappa shape index (κ1) is 14.7. The van der Waals surface area contributed by atoms with Gasteiger partial charge in [-0.05, 0) is 35.4 Å². The van der Waals surface area contributed by atoms with Crippen LogP contribution in [0.1, 0.15) is 0 Å². The predicted octanol–water partition coefficient (Wildman–Crippen LogP) is 4.77. The molecular weight excluding hydrogens is 297 g/mol. The molecule has 0 unspecified atom stereocenters. The fraction of sp³-hybridized carbons (Fsp3) is 0. The molecule has 5 heteroatoms. The maximum absolute atomic E-state index is 14.8. The van der Waals surface area contributed by atoms with Gasteiger partial charge in [0.15, 0.2) is 0 Å². The third kappa shape index (κ3) is 2.89. The average Bonchev–Trinajstić information content (AvgIpc) is 2.57. The van der Waals surface area contributed by atoms with Gasteiger partial charge in [0, 0.05) is 23.3 Å². The second-order valence-electron chi connectivity index (χ2n) is 5.02. The fourth-order valence-electron chi connectivity index (χ4n) is 2.41. The number of hydrogen-bond donors (Lipinski definition) is 1. The zero-order chi connectivity index (χ0) is 16.4. The molecule has 0 spiro atoms. The molecule has 0 atom stereocenters. The summed E-state index contributed by atoms with van der Waals surface area (Å²) in [6.07, 6.45) is 0. The van der Waals surface area contributed by atoms with E-state index in [1.807, 2.05) is 6.07 Å². The van der Waals surface area contributed by atoms with E-state index in [9.17, 15) is 19.6 Å². The molecule has 0 saturated carbocycles. The van der Waals surface area contributed by atoms with E-state index < -0.39 is 10.7 Å². The van der Waals surface area contributed by atoms with Crippen molar-refractivity contribution in [1.29, 1.82) is 0 Å². The summed E-state index contributed by atoms with van der Waals surface area (Å²) in [5.74, 6) is -0.554. The van der Waals surface area contributed by atoms with Crippen LogP contribution in [0.3, 0.4) is 0 Å². The lowest BCUT2D eigenvalue weighted by Crippen LogP contribution is -1.91. The van der Waals surface area contributed by atoms with E-state index in [0.29, 0.717) is 11.1 Å². The van der Waals surface area contributed by atoms with Gasteiger partial charge in [0.25, 0.3) is 5.69 Å². The lowest BCUT2D eigenvalue weighted by molar-refractivity contribution is -0.384. The lowest BCUT2D eigenvalue weighted by atomic mass is 9.97. The molecule has 0 bridgehead atoms. The molecule has 0 aliphatic carbocycles. The monoisotopic (exact) mass is 309 g/mol. The van der Waals surface area contributed by atoms with Gasteiger partial charge in [-0.25, -0.2) is 4.39 Å². The first-order chi connectivity index (χ1) is 11.1. The Labute approximate surface area is 131 Å². The quantitative estimate of drug-likeness (QED) is 0.559. The number of halogens is 1. The molecule has 4 nitrogen and oxygen atoms in total. The summed E-state index contributed by atoms with van der Waals surface area (Å²) in [5.41, 5.74) is 1.50. The van der Waals surface area contributed by atoms with Gasteiger partial charge in [0.1, 0.15) is 11.6 Å². The van der Waals surface area contributed by atoms with Crippen molar-refractivity contribution in [1.82, 2.24) is 0 Å². The second-order valence-corrected chi connectivity index (χ2v) is 5.02. The number of phenolic OH excluding ortho intramolecular Hbond substituents is 1. The van der Waals surface area contributed by atoms with Crippen molar-refractivity contribution < 1.29 is 14.4 Å².